The molecular weight excluding hydrogens is 225 g/mol. The summed E-state index contributed by atoms with van der Waals surface area (Å²) in [5.74, 6) is 0.836. The summed E-state index contributed by atoms with van der Waals surface area (Å²) >= 11 is 0. The van der Waals surface area contributed by atoms with E-state index in [1.165, 1.54) is 18.4 Å². The molecule has 98 valence electrons. The van der Waals surface area contributed by atoms with Gasteiger partial charge in [0.05, 0.1) is 0 Å². The van der Waals surface area contributed by atoms with Crippen LogP contribution >= 0.6 is 0 Å². The molecule has 2 unspecified atom stereocenters. The van der Waals surface area contributed by atoms with Crippen LogP contribution in [0, 0.1) is 5.92 Å². The second kappa shape index (κ2) is 5.87. The molecule has 0 bridgehead atoms. The first kappa shape index (κ1) is 13.6. The minimum absolute atomic E-state index is 0.555. The lowest BCUT2D eigenvalue weighted by Gasteiger charge is -2.36. The Kier molecular flexibility index (Phi) is 4.43. The van der Waals surface area contributed by atoms with E-state index in [4.69, 9.17) is 10.0 Å². The van der Waals surface area contributed by atoms with Gasteiger partial charge in [0.25, 0.3) is 0 Å². The van der Waals surface area contributed by atoms with Gasteiger partial charge in [-0.3, -0.25) is 4.90 Å². The Balaban J connectivity index is 1.96. The second-order valence-electron chi connectivity index (χ2n) is 5.56. The molecule has 0 radical (unpaired) electrons. The van der Waals surface area contributed by atoms with Crippen molar-refractivity contribution in [3.63, 3.8) is 0 Å². The third-order valence-electron chi connectivity index (χ3n) is 3.94. The van der Waals surface area contributed by atoms with Gasteiger partial charge in [-0.15, -0.1) is 0 Å². The SMILES string of the molecule is CC1CCN(Cc2ccc(B(O)O)cc2)C(C)C1. The predicted octanol–water partition coefficient (Wildman–Crippen LogP) is 0.987. The highest BCUT2D eigenvalue weighted by molar-refractivity contribution is 6.58. The minimum atomic E-state index is -1.37. The highest BCUT2D eigenvalue weighted by atomic mass is 16.4. The van der Waals surface area contributed by atoms with Crippen LogP contribution in [0.15, 0.2) is 24.3 Å². The van der Waals surface area contributed by atoms with Crippen molar-refractivity contribution >= 4 is 12.6 Å². The van der Waals surface area contributed by atoms with E-state index in [1.807, 2.05) is 12.1 Å². The zero-order valence-electron chi connectivity index (χ0n) is 11.2. The van der Waals surface area contributed by atoms with Crippen molar-refractivity contribution in [2.75, 3.05) is 6.54 Å². The standard InChI is InChI=1S/C14H22BNO2/c1-11-7-8-16(12(2)9-11)10-13-3-5-14(6-4-13)15(17)18/h3-6,11-12,17-18H,7-10H2,1-2H3. The van der Waals surface area contributed by atoms with Crippen LogP contribution in [0.3, 0.4) is 0 Å². The first-order chi connectivity index (χ1) is 8.56. The third-order valence-corrected chi connectivity index (χ3v) is 3.94. The average Bonchev–Trinajstić information content (AvgIpc) is 2.33. The van der Waals surface area contributed by atoms with E-state index in [2.05, 4.69) is 18.7 Å². The predicted molar refractivity (Wildman–Crippen MR) is 74.5 cm³/mol. The van der Waals surface area contributed by atoms with Gasteiger partial charge in [-0.25, -0.2) is 0 Å². The molecule has 1 aliphatic rings. The monoisotopic (exact) mass is 247 g/mol. The molecular formula is C14H22BNO2. The van der Waals surface area contributed by atoms with Gasteiger partial charge < -0.3 is 10.0 Å². The minimum Gasteiger partial charge on any atom is -0.423 e. The Morgan fingerprint density at radius 2 is 1.89 bits per heavy atom. The van der Waals surface area contributed by atoms with Crippen molar-refractivity contribution < 1.29 is 10.0 Å². The molecule has 0 aromatic heterocycles. The maximum absolute atomic E-state index is 9.05. The van der Waals surface area contributed by atoms with E-state index in [0.29, 0.717) is 11.5 Å². The quantitative estimate of drug-likeness (QED) is 0.783. The molecule has 1 fully saturated rings. The van der Waals surface area contributed by atoms with Gasteiger partial charge >= 0.3 is 7.12 Å². The maximum Gasteiger partial charge on any atom is 0.488 e. The first-order valence-electron chi connectivity index (χ1n) is 6.75. The van der Waals surface area contributed by atoms with Gasteiger partial charge in [0.2, 0.25) is 0 Å². The van der Waals surface area contributed by atoms with Crippen molar-refractivity contribution in [1.29, 1.82) is 0 Å². The lowest BCUT2D eigenvalue weighted by molar-refractivity contribution is 0.122. The Bertz CT molecular complexity index is 380. The lowest BCUT2D eigenvalue weighted by atomic mass is 9.80. The second-order valence-corrected chi connectivity index (χ2v) is 5.56. The van der Waals surface area contributed by atoms with Crippen LogP contribution in [0.4, 0.5) is 0 Å². The first-order valence-corrected chi connectivity index (χ1v) is 6.75. The molecule has 1 heterocycles. The van der Waals surface area contributed by atoms with Gasteiger partial charge in [-0.2, -0.15) is 0 Å². The zero-order chi connectivity index (χ0) is 13.1. The highest BCUT2D eigenvalue weighted by Crippen LogP contribution is 2.23. The largest absolute Gasteiger partial charge is 0.488 e. The third kappa shape index (κ3) is 3.34. The van der Waals surface area contributed by atoms with Crippen molar-refractivity contribution in [2.24, 2.45) is 5.92 Å². The average molecular weight is 247 g/mol. The summed E-state index contributed by atoms with van der Waals surface area (Å²) in [5.41, 5.74) is 1.79. The molecule has 0 amide bonds. The fourth-order valence-electron chi connectivity index (χ4n) is 2.72. The van der Waals surface area contributed by atoms with Crippen LogP contribution in [0.5, 0.6) is 0 Å². The van der Waals surface area contributed by atoms with Gasteiger partial charge in [-0.05, 0) is 43.3 Å². The summed E-state index contributed by atoms with van der Waals surface area (Å²) in [5, 5.41) is 18.1. The van der Waals surface area contributed by atoms with E-state index < -0.39 is 7.12 Å². The molecule has 0 aliphatic carbocycles. The molecule has 4 heteroatoms. The molecule has 1 saturated heterocycles. The number of rotatable bonds is 3. The van der Waals surface area contributed by atoms with Crippen LogP contribution in [-0.4, -0.2) is 34.7 Å². The van der Waals surface area contributed by atoms with Crippen LogP contribution in [-0.2, 0) is 6.54 Å². The molecule has 2 N–H and O–H groups in total. The number of hydrogen-bond acceptors (Lipinski definition) is 3. The normalized spacial score (nSPS) is 25.1. The molecule has 3 nitrogen and oxygen atoms in total. The molecule has 2 atom stereocenters. The summed E-state index contributed by atoms with van der Waals surface area (Å²) in [6.07, 6.45) is 2.55. The Morgan fingerprint density at radius 3 is 2.44 bits per heavy atom. The van der Waals surface area contributed by atoms with Crippen molar-refractivity contribution in [3.05, 3.63) is 29.8 Å². The van der Waals surface area contributed by atoms with Gasteiger partial charge in [0, 0.05) is 12.6 Å². The van der Waals surface area contributed by atoms with Crippen LogP contribution in [0.1, 0.15) is 32.3 Å². The van der Waals surface area contributed by atoms with Gasteiger partial charge in [0.15, 0.2) is 0 Å². The molecule has 1 aliphatic heterocycles. The number of nitrogens with zero attached hydrogens (tertiary/aromatic N) is 1. The Hall–Kier alpha value is -0.835. The summed E-state index contributed by atoms with van der Waals surface area (Å²) in [6, 6.07) is 8.19. The summed E-state index contributed by atoms with van der Waals surface area (Å²) in [4.78, 5) is 2.50. The smallest absolute Gasteiger partial charge is 0.423 e. The maximum atomic E-state index is 9.05. The fraction of sp³-hybridized carbons (Fsp3) is 0.571. The Morgan fingerprint density at radius 1 is 1.22 bits per heavy atom. The summed E-state index contributed by atoms with van der Waals surface area (Å²) in [6.45, 7) is 6.73. The van der Waals surface area contributed by atoms with E-state index in [-0.39, 0.29) is 0 Å². The highest BCUT2D eigenvalue weighted by Gasteiger charge is 2.22. The van der Waals surface area contributed by atoms with Crippen LogP contribution < -0.4 is 5.46 Å². The molecule has 0 spiro atoms. The van der Waals surface area contributed by atoms with E-state index in [9.17, 15) is 0 Å². The zero-order valence-corrected chi connectivity index (χ0v) is 11.2. The molecule has 1 aromatic carbocycles. The van der Waals surface area contributed by atoms with Crippen LogP contribution in [0.25, 0.3) is 0 Å². The van der Waals surface area contributed by atoms with E-state index in [0.717, 1.165) is 19.0 Å². The molecule has 18 heavy (non-hydrogen) atoms. The molecule has 1 aromatic rings. The number of likely N-dealkylation sites (tertiary alicyclic amines) is 1. The van der Waals surface area contributed by atoms with E-state index in [1.54, 1.807) is 12.1 Å². The summed E-state index contributed by atoms with van der Waals surface area (Å²) in [7, 11) is -1.37. The Labute approximate surface area is 110 Å². The number of hydrogen-bond donors (Lipinski definition) is 2. The van der Waals surface area contributed by atoms with Crippen molar-refractivity contribution in [2.45, 2.75) is 39.3 Å². The molecule has 2 rings (SSSR count). The van der Waals surface area contributed by atoms with E-state index >= 15 is 0 Å². The lowest BCUT2D eigenvalue weighted by Crippen LogP contribution is -2.39. The van der Waals surface area contributed by atoms with Gasteiger partial charge in [0.1, 0.15) is 0 Å². The molecule has 0 saturated carbocycles. The van der Waals surface area contributed by atoms with Crippen molar-refractivity contribution in [3.8, 4) is 0 Å². The number of piperidine rings is 1. The number of benzene rings is 1. The van der Waals surface area contributed by atoms with Crippen LogP contribution in [0.2, 0.25) is 0 Å². The topological polar surface area (TPSA) is 43.7 Å². The van der Waals surface area contributed by atoms with Gasteiger partial charge in [-0.1, -0.05) is 31.2 Å². The van der Waals surface area contributed by atoms with Crippen molar-refractivity contribution in [1.82, 2.24) is 4.90 Å². The summed E-state index contributed by atoms with van der Waals surface area (Å²) < 4.78 is 0. The fourth-order valence-corrected chi connectivity index (χ4v) is 2.72.